The summed E-state index contributed by atoms with van der Waals surface area (Å²) < 4.78 is 5.21. The molecule has 0 aliphatic carbocycles. The molecule has 5 nitrogen and oxygen atoms in total. The van der Waals surface area contributed by atoms with Crippen molar-refractivity contribution in [2.24, 2.45) is 5.92 Å². The summed E-state index contributed by atoms with van der Waals surface area (Å²) in [6.07, 6.45) is -0.0700. The molecule has 1 aromatic carbocycles. The first kappa shape index (κ1) is 14.8. The summed E-state index contributed by atoms with van der Waals surface area (Å²) in [5.41, 5.74) is 2.04. The van der Waals surface area contributed by atoms with Crippen LogP contribution in [0.3, 0.4) is 0 Å². The maximum atomic E-state index is 11.3. The fraction of sp³-hybridized carbons (Fsp3) is 0.533. The van der Waals surface area contributed by atoms with Crippen LogP contribution in [0.4, 0.5) is 5.69 Å². The van der Waals surface area contributed by atoms with Gasteiger partial charge in [0.15, 0.2) is 0 Å². The fourth-order valence-corrected chi connectivity index (χ4v) is 2.59. The van der Waals surface area contributed by atoms with Gasteiger partial charge in [0.2, 0.25) is 0 Å². The number of rotatable bonds is 6. The molecule has 5 heteroatoms. The molecule has 2 atom stereocenters. The Morgan fingerprint density at radius 3 is 2.95 bits per heavy atom. The standard InChI is InChI=1S/C15H21NO4/c1-2-20-10-13(17)9-16-8-12(15(18)19)7-11-5-3-4-6-14(11)16/h3-6,12-13,17H,2,7-10H2,1H3,(H,18,19). The first-order chi connectivity index (χ1) is 9.61. The number of carbonyl (C=O) groups is 1. The van der Waals surface area contributed by atoms with E-state index in [1.807, 2.05) is 36.1 Å². The van der Waals surface area contributed by atoms with Gasteiger partial charge in [-0.05, 0) is 25.0 Å². The summed E-state index contributed by atoms with van der Waals surface area (Å²) in [4.78, 5) is 13.2. The highest BCUT2D eigenvalue weighted by Crippen LogP contribution is 2.29. The molecule has 0 aromatic heterocycles. The third-order valence-corrected chi connectivity index (χ3v) is 3.53. The van der Waals surface area contributed by atoms with Crippen LogP contribution in [0.15, 0.2) is 24.3 Å². The molecule has 110 valence electrons. The highest BCUT2D eigenvalue weighted by Gasteiger charge is 2.29. The van der Waals surface area contributed by atoms with Gasteiger partial charge in [-0.1, -0.05) is 18.2 Å². The Bertz CT molecular complexity index is 463. The van der Waals surface area contributed by atoms with Crippen molar-refractivity contribution in [3.05, 3.63) is 29.8 Å². The lowest BCUT2D eigenvalue weighted by Gasteiger charge is -2.35. The van der Waals surface area contributed by atoms with E-state index in [4.69, 9.17) is 4.74 Å². The van der Waals surface area contributed by atoms with Crippen LogP contribution < -0.4 is 4.90 Å². The van der Waals surface area contributed by atoms with E-state index in [1.54, 1.807) is 0 Å². The molecule has 1 heterocycles. The number of aliphatic carboxylic acids is 1. The van der Waals surface area contributed by atoms with E-state index in [9.17, 15) is 15.0 Å². The van der Waals surface area contributed by atoms with Gasteiger partial charge in [0.1, 0.15) is 0 Å². The second kappa shape index (κ2) is 6.72. The maximum absolute atomic E-state index is 11.3. The Morgan fingerprint density at radius 1 is 1.50 bits per heavy atom. The molecule has 2 N–H and O–H groups in total. The van der Waals surface area contributed by atoms with Crippen LogP contribution in [0.1, 0.15) is 12.5 Å². The molecule has 0 saturated heterocycles. The third-order valence-electron chi connectivity index (χ3n) is 3.53. The Labute approximate surface area is 118 Å². The number of carboxylic acids is 1. The largest absolute Gasteiger partial charge is 0.481 e. The van der Waals surface area contributed by atoms with Crippen LogP contribution in [0.25, 0.3) is 0 Å². The van der Waals surface area contributed by atoms with Gasteiger partial charge < -0.3 is 19.8 Å². The number of hydrogen-bond donors (Lipinski definition) is 2. The number of para-hydroxylation sites is 1. The van der Waals surface area contributed by atoms with Gasteiger partial charge in [-0.15, -0.1) is 0 Å². The number of nitrogens with zero attached hydrogens (tertiary/aromatic N) is 1. The van der Waals surface area contributed by atoms with Crippen LogP contribution in [-0.2, 0) is 16.0 Å². The Hall–Kier alpha value is -1.59. The Balaban J connectivity index is 2.12. The fourth-order valence-electron chi connectivity index (χ4n) is 2.59. The van der Waals surface area contributed by atoms with Crippen LogP contribution in [-0.4, -0.2) is 48.6 Å². The number of fused-ring (bicyclic) bond motifs is 1. The molecule has 1 aliphatic heterocycles. The van der Waals surface area contributed by atoms with Crippen molar-refractivity contribution in [3.8, 4) is 0 Å². The second-order valence-corrected chi connectivity index (χ2v) is 5.09. The average molecular weight is 279 g/mol. The molecular formula is C15H21NO4. The summed E-state index contributed by atoms with van der Waals surface area (Å²) in [7, 11) is 0. The van der Waals surface area contributed by atoms with Gasteiger partial charge in [0.25, 0.3) is 0 Å². The molecule has 0 spiro atoms. The minimum atomic E-state index is -0.788. The lowest BCUT2D eigenvalue weighted by atomic mass is 9.92. The van der Waals surface area contributed by atoms with E-state index in [0.29, 0.717) is 26.1 Å². The number of aliphatic hydroxyl groups is 1. The average Bonchev–Trinajstić information content (AvgIpc) is 2.44. The van der Waals surface area contributed by atoms with Crippen LogP contribution in [0.2, 0.25) is 0 Å². The highest BCUT2D eigenvalue weighted by atomic mass is 16.5. The minimum Gasteiger partial charge on any atom is -0.481 e. The predicted octanol–water partition coefficient (Wildman–Crippen LogP) is 1.15. The van der Waals surface area contributed by atoms with E-state index in [0.717, 1.165) is 11.3 Å². The number of β-amino-alcohol motifs (C(OH)–C–C–N with tert-alkyl or cyclic N) is 1. The van der Waals surface area contributed by atoms with E-state index in [-0.39, 0.29) is 6.61 Å². The second-order valence-electron chi connectivity index (χ2n) is 5.09. The predicted molar refractivity (Wildman–Crippen MR) is 76.0 cm³/mol. The van der Waals surface area contributed by atoms with Gasteiger partial charge in [-0.3, -0.25) is 4.79 Å². The molecular weight excluding hydrogens is 258 g/mol. The SMILES string of the molecule is CCOCC(O)CN1CC(C(=O)O)Cc2ccccc21. The molecule has 20 heavy (non-hydrogen) atoms. The van der Waals surface area contributed by atoms with Crippen molar-refractivity contribution in [2.75, 3.05) is 31.2 Å². The normalized spacial score (nSPS) is 19.5. The van der Waals surface area contributed by atoms with Crippen LogP contribution in [0.5, 0.6) is 0 Å². The third kappa shape index (κ3) is 3.49. The quantitative estimate of drug-likeness (QED) is 0.817. The number of ether oxygens (including phenoxy) is 1. The van der Waals surface area contributed by atoms with Crippen LogP contribution in [0, 0.1) is 5.92 Å². The molecule has 0 saturated carbocycles. The topological polar surface area (TPSA) is 70.0 Å². The summed E-state index contributed by atoms with van der Waals surface area (Å²) in [6, 6.07) is 7.77. The van der Waals surface area contributed by atoms with E-state index in [1.165, 1.54) is 0 Å². The zero-order chi connectivity index (χ0) is 14.5. The summed E-state index contributed by atoms with van der Waals surface area (Å²) in [5.74, 6) is -1.21. The summed E-state index contributed by atoms with van der Waals surface area (Å²) >= 11 is 0. The first-order valence-corrected chi connectivity index (χ1v) is 6.93. The van der Waals surface area contributed by atoms with E-state index < -0.39 is 18.0 Å². The molecule has 0 radical (unpaired) electrons. The number of benzene rings is 1. The summed E-state index contributed by atoms with van der Waals surface area (Å²) in [6.45, 7) is 3.53. The van der Waals surface area contributed by atoms with Crippen molar-refractivity contribution in [2.45, 2.75) is 19.4 Å². The lowest BCUT2D eigenvalue weighted by Crippen LogP contribution is -2.43. The molecule has 1 aliphatic rings. The number of anilines is 1. The van der Waals surface area contributed by atoms with Gasteiger partial charge in [0.05, 0.1) is 18.6 Å². The van der Waals surface area contributed by atoms with E-state index >= 15 is 0 Å². The number of carboxylic acid groups (broad SMARTS) is 1. The van der Waals surface area contributed by atoms with Crippen molar-refractivity contribution in [3.63, 3.8) is 0 Å². The number of hydrogen-bond acceptors (Lipinski definition) is 4. The van der Waals surface area contributed by atoms with Crippen molar-refractivity contribution >= 4 is 11.7 Å². The Kier molecular flexibility index (Phi) is 4.98. The first-order valence-electron chi connectivity index (χ1n) is 6.93. The maximum Gasteiger partial charge on any atom is 0.308 e. The van der Waals surface area contributed by atoms with Crippen molar-refractivity contribution < 1.29 is 19.7 Å². The summed E-state index contributed by atoms with van der Waals surface area (Å²) in [5, 5.41) is 19.2. The smallest absolute Gasteiger partial charge is 0.308 e. The van der Waals surface area contributed by atoms with Crippen molar-refractivity contribution in [1.82, 2.24) is 0 Å². The molecule has 1 aromatic rings. The van der Waals surface area contributed by atoms with Gasteiger partial charge in [-0.2, -0.15) is 0 Å². The zero-order valence-electron chi connectivity index (χ0n) is 11.7. The number of aliphatic hydroxyl groups excluding tert-OH is 1. The molecule has 2 unspecified atom stereocenters. The Morgan fingerprint density at radius 2 is 2.25 bits per heavy atom. The minimum absolute atomic E-state index is 0.271. The molecule has 0 fully saturated rings. The highest BCUT2D eigenvalue weighted by molar-refractivity contribution is 5.73. The molecule has 0 amide bonds. The van der Waals surface area contributed by atoms with Gasteiger partial charge >= 0.3 is 5.97 Å². The van der Waals surface area contributed by atoms with Crippen LogP contribution >= 0.6 is 0 Å². The lowest BCUT2D eigenvalue weighted by molar-refractivity contribution is -0.141. The van der Waals surface area contributed by atoms with Gasteiger partial charge in [-0.25, -0.2) is 0 Å². The zero-order valence-corrected chi connectivity index (χ0v) is 11.7. The monoisotopic (exact) mass is 279 g/mol. The van der Waals surface area contributed by atoms with Crippen molar-refractivity contribution in [1.29, 1.82) is 0 Å². The molecule has 2 rings (SSSR count). The van der Waals surface area contributed by atoms with Gasteiger partial charge in [0, 0.05) is 25.4 Å². The van der Waals surface area contributed by atoms with E-state index in [2.05, 4.69) is 0 Å². The molecule has 0 bridgehead atoms.